The average molecular weight is 454 g/mol. The van der Waals surface area contributed by atoms with Gasteiger partial charge in [0.05, 0.1) is 10.6 Å². The van der Waals surface area contributed by atoms with Crippen molar-refractivity contribution in [1.82, 2.24) is 9.88 Å². The Morgan fingerprint density at radius 3 is 2.27 bits per heavy atom. The fourth-order valence-corrected chi connectivity index (χ4v) is 4.94. The molecule has 2 heterocycles. The first-order valence-corrected chi connectivity index (χ1v) is 11.0. The minimum absolute atomic E-state index is 0.235. The maximum atomic E-state index is 12.5. The smallest absolute Gasteiger partial charge is 0.323 e. The van der Waals surface area contributed by atoms with Crippen LogP contribution in [0.1, 0.15) is 5.69 Å². The standard InChI is InChI=1S/C21H15N3O3S3/c25-18(26)12-23-19(27)17(30-21(23)28)11-14-13-29-20(22-14)24(15-7-3-1-4-8-15)16-9-5-2-6-10-16/h1-11,13H,12H2,(H,25,26). The van der Waals surface area contributed by atoms with Gasteiger partial charge in [-0.05, 0) is 30.3 Å². The molecule has 6 nitrogen and oxygen atoms in total. The average Bonchev–Trinajstić information content (AvgIpc) is 3.30. The number of hydrogen-bond donors (Lipinski definition) is 1. The van der Waals surface area contributed by atoms with Crippen LogP contribution in [0.3, 0.4) is 0 Å². The van der Waals surface area contributed by atoms with E-state index in [1.807, 2.05) is 70.9 Å². The second kappa shape index (κ2) is 8.78. The summed E-state index contributed by atoms with van der Waals surface area (Å²) in [5.41, 5.74) is 2.55. The summed E-state index contributed by atoms with van der Waals surface area (Å²) in [5, 5.41) is 11.6. The van der Waals surface area contributed by atoms with Gasteiger partial charge in [-0.2, -0.15) is 0 Å². The van der Waals surface area contributed by atoms with Gasteiger partial charge < -0.3 is 5.11 Å². The number of aromatic nitrogens is 1. The zero-order valence-corrected chi connectivity index (χ0v) is 17.9. The topological polar surface area (TPSA) is 73.7 Å². The molecule has 0 radical (unpaired) electrons. The van der Waals surface area contributed by atoms with Crippen LogP contribution in [0.15, 0.2) is 70.9 Å². The molecule has 30 heavy (non-hydrogen) atoms. The van der Waals surface area contributed by atoms with Crippen molar-refractivity contribution in [3.05, 3.63) is 76.6 Å². The maximum Gasteiger partial charge on any atom is 0.323 e. The molecule has 1 aliphatic heterocycles. The van der Waals surface area contributed by atoms with Crippen molar-refractivity contribution >= 4 is 74.1 Å². The van der Waals surface area contributed by atoms with E-state index in [2.05, 4.69) is 0 Å². The molecular weight excluding hydrogens is 438 g/mol. The van der Waals surface area contributed by atoms with Crippen LogP contribution in [0.2, 0.25) is 0 Å². The lowest BCUT2D eigenvalue weighted by Gasteiger charge is -2.22. The third kappa shape index (κ3) is 4.28. The molecule has 3 aromatic rings. The normalized spacial score (nSPS) is 15.1. The van der Waals surface area contributed by atoms with Crippen molar-refractivity contribution in [3.8, 4) is 0 Å². The number of aliphatic carboxylic acids is 1. The SMILES string of the molecule is O=C(O)CN1C(=O)C(=Cc2csc(N(c3ccccc3)c3ccccc3)n2)SC1=S. The molecule has 0 unspecified atom stereocenters. The number of rotatable bonds is 6. The largest absolute Gasteiger partial charge is 0.480 e. The Morgan fingerprint density at radius 1 is 1.10 bits per heavy atom. The van der Waals surface area contributed by atoms with Crippen molar-refractivity contribution in [2.75, 3.05) is 11.4 Å². The minimum Gasteiger partial charge on any atom is -0.480 e. The molecule has 9 heteroatoms. The second-order valence-corrected chi connectivity index (χ2v) is 8.74. The van der Waals surface area contributed by atoms with Crippen LogP contribution in [0.5, 0.6) is 0 Å². The number of carboxylic acids is 1. The molecule has 1 amide bonds. The van der Waals surface area contributed by atoms with E-state index in [4.69, 9.17) is 22.3 Å². The fourth-order valence-electron chi connectivity index (χ4n) is 2.88. The molecule has 0 bridgehead atoms. The lowest BCUT2D eigenvalue weighted by atomic mass is 10.2. The van der Waals surface area contributed by atoms with Gasteiger partial charge in [0, 0.05) is 16.8 Å². The molecule has 0 saturated carbocycles. The number of para-hydroxylation sites is 2. The first-order valence-electron chi connectivity index (χ1n) is 8.86. The first-order chi connectivity index (χ1) is 14.5. The summed E-state index contributed by atoms with van der Waals surface area (Å²) in [6.07, 6.45) is 1.65. The summed E-state index contributed by atoms with van der Waals surface area (Å²) < 4.78 is 0.235. The van der Waals surface area contributed by atoms with E-state index in [1.165, 1.54) is 11.3 Å². The quantitative estimate of drug-likeness (QED) is 0.420. The highest BCUT2D eigenvalue weighted by molar-refractivity contribution is 8.26. The Balaban J connectivity index is 1.66. The number of thioether (sulfide) groups is 1. The van der Waals surface area contributed by atoms with Gasteiger partial charge in [-0.15, -0.1) is 11.3 Å². The molecule has 2 aromatic carbocycles. The van der Waals surface area contributed by atoms with Gasteiger partial charge in [0.1, 0.15) is 10.9 Å². The number of anilines is 3. The summed E-state index contributed by atoms with van der Waals surface area (Å²) in [7, 11) is 0. The summed E-state index contributed by atoms with van der Waals surface area (Å²) >= 11 is 7.68. The van der Waals surface area contributed by atoms with Gasteiger partial charge in [0.15, 0.2) is 5.13 Å². The van der Waals surface area contributed by atoms with Gasteiger partial charge >= 0.3 is 5.97 Å². The second-order valence-electron chi connectivity index (χ2n) is 6.22. The van der Waals surface area contributed by atoms with Crippen molar-refractivity contribution in [2.24, 2.45) is 0 Å². The molecule has 0 spiro atoms. The van der Waals surface area contributed by atoms with Gasteiger partial charge in [0.2, 0.25) is 0 Å². The van der Waals surface area contributed by atoms with Gasteiger partial charge in [-0.25, -0.2) is 4.98 Å². The third-order valence-corrected chi connectivity index (χ3v) is 6.40. The monoisotopic (exact) mass is 453 g/mol. The van der Waals surface area contributed by atoms with E-state index in [0.29, 0.717) is 10.6 Å². The van der Waals surface area contributed by atoms with E-state index in [-0.39, 0.29) is 4.32 Å². The van der Waals surface area contributed by atoms with Crippen LogP contribution >= 0.6 is 35.3 Å². The predicted octanol–water partition coefficient (Wildman–Crippen LogP) is 4.90. The van der Waals surface area contributed by atoms with Crippen LogP contribution in [0.25, 0.3) is 6.08 Å². The number of amides is 1. The number of carbonyl (C=O) groups excluding carboxylic acids is 1. The number of nitrogens with zero attached hydrogens (tertiary/aromatic N) is 3. The zero-order valence-electron chi connectivity index (χ0n) is 15.5. The highest BCUT2D eigenvalue weighted by Crippen LogP contribution is 2.37. The van der Waals surface area contributed by atoms with Crippen LogP contribution in [0.4, 0.5) is 16.5 Å². The Morgan fingerprint density at radius 2 is 1.70 bits per heavy atom. The Hall–Kier alpha value is -3.01. The Bertz CT molecular complexity index is 1090. The van der Waals surface area contributed by atoms with E-state index < -0.39 is 18.4 Å². The maximum absolute atomic E-state index is 12.5. The Kier molecular flexibility index (Phi) is 5.93. The number of carbonyl (C=O) groups is 2. The molecular formula is C21H15N3O3S3. The number of thiazole rings is 1. The van der Waals surface area contributed by atoms with Gasteiger partial charge in [-0.1, -0.05) is 60.4 Å². The molecule has 1 saturated heterocycles. The van der Waals surface area contributed by atoms with E-state index in [0.717, 1.165) is 33.2 Å². The lowest BCUT2D eigenvalue weighted by Crippen LogP contribution is -2.33. The summed E-state index contributed by atoms with van der Waals surface area (Å²) in [5.74, 6) is -1.52. The lowest BCUT2D eigenvalue weighted by molar-refractivity contribution is -0.140. The molecule has 1 aromatic heterocycles. The molecule has 0 atom stereocenters. The summed E-state index contributed by atoms with van der Waals surface area (Å²) in [6.45, 7) is -0.444. The van der Waals surface area contributed by atoms with Crippen molar-refractivity contribution < 1.29 is 14.7 Å². The summed E-state index contributed by atoms with van der Waals surface area (Å²) in [6, 6.07) is 19.8. The molecule has 4 rings (SSSR count). The fraction of sp³-hybridized carbons (Fsp3) is 0.0476. The Labute approximate surface area is 186 Å². The zero-order chi connectivity index (χ0) is 21.1. The van der Waals surface area contributed by atoms with Crippen LogP contribution in [-0.2, 0) is 9.59 Å². The highest BCUT2D eigenvalue weighted by Gasteiger charge is 2.33. The van der Waals surface area contributed by atoms with Crippen molar-refractivity contribution in [1.29, 1.82) is 0 Å². The molecule has 1 aliphatic rings. The van der Waals surface area contributed by atoms with E-state index in [1.54, 1.807) is 6.08 Å². The number of hydrogen-bond acceptors (Lipinski definition) is 7. The molecule has 1 fully saturated rings. The molecule has 1 N–H and O–H groups in total. The summed E-state index contributed by atoms with van der Waals surface area (Å²) in [4.78, 5) is 31.6. The van der Waals surface area contributed by atoms with Crippen LogP contribution in [-0.4, -0.2) is 37.7 Å². The van der Waals surface area contributed by atoms with Gasteiger partial charge in [0.25, 0.3) is 5.91 Å². The van der Waals surface area contributed by atoms with Crippen LogP contribution in [0, 0.1) is 0 Å². The van der Waals surface area contributed by atoms with Gasteiger partial charge in [-0.3, -0.25) is 19.4 Å². The van der Waals surface area contributed by atoms with Crippen molar-refractivity contribution in [2.45, 2.75) is 0 Å². The number of thiocarbonyl (C=S) groups is 1. The van der Waals surface area contributed by atoms with E-state index in [9.17, 15) is 9.59 Å². The minimum atomic E-state index is -1.11. The predicted molar refractivity (Wildman–Crippen MR) is 124 cm³/mol. The van der Waals surface area contributed by atoms with Crippen molar-refractivity contribution in [3.63, 3.8) is 0 Å². The molecule has 0 aliphatic carbocycles. The van der Waals surface area contributed by atoms with E-state index >= 15 is 0 Å². The number of carboxylic acid groups (broad SMARTS) is 1. The number of benzene rings is 2. The van der Waals surface area contributed by atoms with Crippen LogP contribution < -0.4 is 4.90 Å². The highest BCUT2D eigenvalue weighted by atomic mass is 32.2. The molecule has 150 valence electrons. The first kappa shape index (κ1) is 20.3. The third-order valence-electron chi connectivity index (χ3n) is 4.18.